The molecule has 0 saturated carbocycles. The van der Waals surface area contributed by atoms with Crippen LogP contribution in [0.5, 0.6) is 5.75 Å². The highest BCUT2D eigenvalue weighted by Crippen LogP contribution is 2.33. The number of ether oxygens (including phenoxy) is 1. The Balaban J connectivity index is 1.17. The Morgan fingerprint density at radius 3 is 2.74 bits per heavy atom. The van der Waals surface area contributed by atoms with Crippen LogP contribution in [-0.4, -0.2) is 44.9 Å². The highest BCUT2D eigenvalue weighted by molar-refractivity contribution is 7.13. The molecule has 6 nitrogen and oxygen atoms in total. The van der Waals surface area contributed by atoms with Crippen LogP contribution < -0.4 is 10.1 Å². The third-order valence-electron chi connectivity index (χ3n) is 6.71. The van der Waals surface area contributed by atoms with E-state index in [2.05, 4.69) is 76.0 Å². The van der Waals surface area contributed by atoms with Gasteiger partial charge in [-0.1, -0.05) is 36.4 Å². The van der Waals surface area contributed by atoms with E-state index in [9.17, 15) is 5.11 Å². The fourth-order valence-electron chi connectivity index (χ4n) is 4.76. The van der Waals surface area contributed by atoms with Gasteiger partial charge in [0.2, 0.25) is 0 Å². The molecular formula is C31H34N4O2S. The van der Waals surface area contributed by atoms with E-state index in [1.165, 1.54) is 22.0 Å². The van der Waals surface area contributed by atoms with Crippen LogP contribution in [0.15, 0.2) is 84.8 Å². The quantitative estimate of drug-likeness (QED) is 0.191. The van der Waals surface area contributed by atoms with Crippen LogP contribution in [-0.2, 0) is 19.3 Å². The molecule has 3 heterocycles. The third kappa shape index (κ3) is 6.48. The lowest BCUT2D eigenvalue weighted by molar-refractivity contribution is 0.0991. The molecule has 0 saturated heterocycles. The van der Waals surface area contributed by atoms with Gasteiger partial charge in [-0.3, -0.25) is 9.97 Å². The molecule has 0 aliphatic heterocycles. The lowest BCUT2D eigenvalue weighted by Crippen LogP contribution is -2.46. The second-order valence-corrected chi connectivity index (χ2v) is 11.2. The summed E-state index contributed by atoms with van der Waals surface area (Å²) in [5, 5.41) is 17.5. The normalized spacial score (nSPS) is 12.6. The molecule has 3 N–H and O–H groups in total. The number of thiophene rings is 1. The molecule has 0 amide bonds. The number of para-hydroxylation sites is 2. The van der Waals surface area contributed by atoms with Crippen molar-refractivity contribution in [2.24, 2.45) is 0 Å². The van der Waals surface area contributed by atoms with Crippen LogP contribution in [0.2, 0.25) is 0 Å². The number of H-pyrrole nitrogens is 1. The van der Waals surface area contributed by atoms with Crippen molar-refractivity contribution in [1.82, 2.24) is 20.3 Å². The van der Waals surface area contributed by atoms with E-state index in [0.717, 1.165) is 41.1 Å². The van der Waals surface area contributed by atoms with E-state index in [-0.39, 0.29) is 12.1 Å². The van der Waals surface area contributed by atoms with Crippen LogP contribution >= 0.6 is 11.3 Å². The molecule has 1 atom stereocenters. The molecule has 0 fully saturated rings. The summed E-state index contributed by atoms with van der Waals surface area (Å²) in [7, 11) is 0. The van der Waals surface area contributed by atoms with Gasteiger partial charge in [0.25, 0.3) is 0 Å². The summed E-state index contributed by atoms with van der Waals surface area (Å²) in [6.45, 7) is 5.01. The van der Waals surface area contributed by atoms with Gasteiger partial charge in [0.1, 0.15) is 18.5 Å². The van der Waals surface area contributed by atoms with Gasteiger partial charge in [0, 0.05) is 58.2 Å². The molecule has 5 aromatic rings. The first-order valence-corrected chi connectivity index (χ1v) is 13.9. The van der Waals surface area contributed by atoms with E-state index >= 15 is 0 Å². The number of aliphatic hydroxyl groups is 1. The monoisotopic (exact) mass is 526 g/mol. The number of aryl methyl sites for hydroxylation is 2. The van der Waals surface area contributed by atoms with E-state index < -0.39 is 6.10 Å². The summed E-state index contributed by atoms with van der Waals surface area (Å²) in [4.78, 5) is 13.2. The summed E-state index contributed by atoms with van der Waals surface area (Å²) in [5.41, 5.74) is 5.56. The van der Waals surface area contributed by atoms with Crippen molar-refractivity contribution < 1.29 is 9.84 Å². The summed E-state index contributed by atoms with van der Waals surface area (Å²) >= 11 is 1.68. The molecular weight excluding hydrogens is 492 g/mol. The highest BCUT2D eigenvalue weighted by Gasteiger charge is 2.22. The van der Waals surface area contributed by atoms with Crippen LogP contribution in [0, 0.1) is 0 Å². The molecule has 0 radical (unpaired) electrons. The van der Waals surface area contributed by atoms with Crippen molar-refractivity contribution in [3.05, 3.63) is 102 Å². The number of rotatable bonds is 12. The molecule has 0 aliphatic carbocycles. The van der Waals surface area contributed by atoms with Crippen LogP contribution in [0.25, 0.3) is 21.3 Å². The average molecular weight is 527 g/mol. The minimum atomic E-state index is -0.624. The second-order valence-electron chi connectivity index (χ2n) is 10.2. The number of hydrogen-bond donors (Lipinski definition) is 3. The SMILES string of the molecule is CC(C)(Cc1c[nH]c2c(CCc3cnccn3)cccc12)NC[C@H](O)COc1ccccc1-c1cccs1. The lowest BCUT2D eigenvalue weighted by Gasteiger charge is -2.28. The molecule has 0 spiro atoms. The third-order valence-corrected chi connectivity index (χ3v) is 7.61. The number of aromatic nitrogens is 3. The average Bonchev–Trinajstić information content (AvgIpc) is 3.61. The Bertz CT molecular complexity index is 1450. The number of hydrogen-bond acceptors (Lipinski definition) is 6. The van der Waals surface area contributed by atoms with Crippen molar-refractivity contribution in [2.75, 3.05) is 13.2 Å². The van der Waals surface area contributed by atoms with Crippen molar-refractivity contribution >= 4 is 22.2 Å². The summed E-state index contributed by atoms with van der Waals surface area (Å²) < 4.78 is 6.02. The minimum absolute atomic E-state index is 0.208. The smallest absolute Gasteiger partial charge is 0.128 e. The number of nitrogens with one attached hydrogen (secondary N) is 2. The highest BCUT2D eigenvalue weighted by atomic mass is 32.1. The zero-order chi connectivity index (χ0) is 26.4. The molecule has 0 bridgehead atoms. The molecule has 5 rings (SSSR count). The van der Waals surface area contributed by atoms with E-state index in [0.29, 0.717) is 6.54 Å². The zero-order valence-corrected chi connectivity index (χ0v) is 22.7. The molecule has 3 aromatic heterocycles. The molecule has 0 aliphatic rings. The van der Waals surface area contributed by atoms with Crippen molar-refractivity contribution in [2.45, 2.75) is 44.8 Å². The van der Waals surface area contributed by atoms with E-state index in [4.69, 9.17) is 4.74 Å². The first kappa shape index (κ1) is 26.1. The molecule has 7 heteroatoms. The molecule has 196 valence electrons. The summed E-state index contributed by atoms with van der Waals surface area (Å²) in [6.07, 6.45) is 9.35. The molecule has 0 unspecified atom stereocenters. The Morgan fingerprint density at radius 2 is 1.92 bits per heavy atom. The predicted molar refractivity (Wildman–Crippen MR) is 155 cm³/mol. The van der Waals surface area contributed by atoms with Crippen LogP contribution in [0.4, 0.5) is 0 Å². The van der Waals surface area contributed by atoms with Gasteiger partial charge >= 0.3 is 0 Å². The summed E-state index contributed by atoms with van der Waals surface area (Å²) in [6, 6.07) is 18.6. The Labute approximate surface area is 227 Å². The number of aromatic amines is 1. The standard InChI is InChI=1S/C31H34N4O2S/c1-31(2,35-20-25(36)21-37-28-10-4-3-8-27(28)29-11-6-16-38-29)17-23-18-34-30-22(7-5-9-26(23)30)12-13-24-19-32-14-15-33-24/h3-11,14-16,18-19,25,34-36H,12-13,17,20-21H2,1-2H3/t25-/m0/s1. The molecule has 38 heavy (non-hydrogen) atoms. The first-order chi connectivity index (χ1) is 18.5. The van der Waals surface area contributed by atoms with E-state index in [1.54, 1.807) is 23.7 Å². The van der Waals surface area contributed by atoms with Gasteiger partial charge in [-0.25, -0.2) is 0 Å². The fourth-order valence-corrected chi connectivity index (χ4v) is 5.51. The van der Waals surface area contributed by atoms with Crippen LogP contribution in [0.1, 0.15) is 30.7 Å². The van der Waals surface area contributed by atoms with Crippen molar-refractivity contribution in [1.29, 1.82) is 0 Å². The van der Waals surface area contributed by atoms with Gasteiger partial charge in [-0.05, 0) is 67.8 Å². The van der Waals surface area contributed by atoms with Gasteiger partial charge < -0.3 is 20.1 Å². The fraction of sp³-hybridized carbons (Fsp3) is 0.290. The maximum absolute atomic E-state index is 10.7. The number of aliphatic hydroxyl groups excluding tert-OH is 1. The lowest BCUT2D eigenvalue weighted by atomic mass is 9.93. The minimum Gasteiger partial charge on any atom is -0.490 e. The number of nitrogens with zero attached hydrogens (tertiary/aromatic N) is 2. The van der Waals surface area contributed by atoms with Gasteiger partial charge in [0.05, 0.1) is 5.69 Å². The Kier molecular flexibility index (Phi) is 8.17. The first-order valence-electron chi connectivity index (χ1n) is 13.0. The predicted octanol–water partition coefficient (Wildman–Crippen LogP) is 5.82. The Hall–Kier alpha value is -3.52. The number of fused-ring (bicyclic) bond motifs is 1. The van der Waals surface area contributed by atoms with Gasteiger partial charge in [-0.15, -0.1) is 11.3 Å². The summed E-state index contributed by atoms with van der Waals surface area (Å²) in [5.74, 6) is 0.794. The number of benzene rings is 2. The van der Waals surface area contributed by atoms with Crippen molar-refractivity contribution in [3.8, 4) is 16.2 Å². The maximum Gasteiger partial charge on any atom is 0.128 e. The largest absolute Gasteiger partial charge is 0.490 e. The van der Waals surface area contributed by atoms with E-state index in [1.807, 2.05) is 30.5 Å². The zero-order valence-electron chi connectivity index (χ0n) is 21.9. The Morgan fingerprint density at radius 1 is 1.03 bits per heavy atom. The van der Waals surface area contributed by atoms with Gasteiger partial charge in [-0.2, -0.15) is 0 Å². The molecule has 2 aromatic carbocycles. The topological polar surface area (TPSA) is 83.1 Å². The van der Waals surface area contributed by atoms with Crippen molar-refractivity contribution in [3.63, 3.8) is 0 Å². The second kappa shape index (κ2) is 11.9. The maximum atomic E-state index is 10.7. The van der Waals surface area contributed by atoms with Gasteiger partial charge in [0.15, 0.2) is 0 Å². The van der Waals surface area contributed by atoms with Crippen LogP contribution in [0.3, 0.4) is 0 Å². The number of β-amino-alcohol motifs (C(OH)–C–C–N with tert-alkyl or cyclic N) is 1.